The first-order valence-electron chi connectivity index (χ1n) is 6.98. The zero-order valence-electron chi connectivity index (χ0n) is 10.7. The SMILES string of the molecule is c1ccc(C2=NCCCN2)c(OC2CCCC2)c1. The molecule has 0 amide bonds. The topological polar surface area (TPSA) is 33.6 Å². The van der Waals surface area contributed by atoms with Gasteiger partial charge < -0.3 is 10.1 Å². The van der Waals surface area contributed by atoms with Crippen molar-refractivity contribution in [2.75, 3.05) is 13.1 Å². The number of nitrogens with zero attached hydrogens (tertiary/aromatic N) is 1. The van der Waals surface area contributed by atoms with Crippen molar-refractivity contribution >= 4 is 5.84 Å². The van der Waals surface area contributed by atoms with Crippen LogP contribution >= 0.6 is 0 Å². The van der Waals surface area contributed by atoms with Gasteiger partial charge in [-0.3, -0.25) is 4.99 Å². The normalized spacial score (nSPS) is 20.3. The molecule has 0 unspecified atom stereocenters. The van der Waals surface area contributed by atoms with Gasteiger partial charge in [0.1, 0.15) is 11.6 Å². The molecule has 1 saturated carbocycles. The minimum absolute atomic E-state index is 0.398. The molecule has 18 heavy (non-hydrogen) atoms. The second-order valence-electron chi connectivity index (χ2n) is 5.03. The van der Waals surface area contributed by atoms with Gasteiger partial charge in [-0.2, -0.15) is 0 Å². The summed E-state index contributed by atoms with van der Waals surface area (Å²) < 4.78 is 6.14. The molecule has 0 spiro atoms. The lowest BCUT2D eigenvalue weighted by atomic mass is 10.1. The summed E-state index contributed by atoms with van der Waals surface area (Å²) in [5, 5.41) is 3.37. The minimum Gasteiger partial charge on any atom is -0.490 e. The van der Waals surface area contributed by atoms with Crippen LogP contribution in [0.15, 0.2) is 29.3 Å². The minimum atomic E-state index is 0.398. The first kappa shape index (κ1) is 11.6. The van der Waals surface area contributed by atoms with E-state index in [9.17, 15) is 0 Å². The molecule has 1 heterocycles. The second kappa shape index (κ2) is 5.42. The van der Waals surface area contributed by atoms with Crippen LogP contribution < -0.4 is 10.1 Å². The largest absolute Gasteiger partial charge is 0.490 e. The van der Waals surface area contributed by atoms with Crippen molar-refractivity contribution in [1.29, 1.82) is 0 Å². The molecule has 3 nitrogen and oxygen atoms in total. The van der Waals surface area contributed by atoms with Crippen molar-refractivity contribution in [1.82, 2.24) is 5.32 Å². The molecule has 1 aliphatic heterocycles. The van der Waals surface area contributed by atoms with Gasteiger partial charge in [-0.1, -0.05) is 12.1 Å². The van der Waals surface area contributed by atoms with Gasteiger partial charge >= 0.3 is 0 Å². The van der Waals surface area contributed by atoms with Gasteiger partial charge in [0, 0.05) is 13.1 Å². The van der Waals surface area contributed by atoms with E-state index in [0.29, 0.717) is 6.10 Å². The van der Waals surface area contributed by atoms with E-state index in [4.69, 9.17) is 4.74 Å². The number of nitrogens with one attached hydrogen (secondary N) is 1. The van der Waals surface area contributed by atoms with Crippen molar-refractivity contribution in [2.24, 2.45) is 4.99 Å². The van der Waals surface area contributed by atoms with Crippen molar-refractivity contribution in [2.45, 2.75) is 38.2 Å². The van der Waals surface area contributed by atoms with Crippen LogP contribution in [-0.2, 0) is 0 Å². The van der Waals surface area contributed by atoms with Crippen LogP contribution in [0.25, 0.3) is 0 Å². The molecule has 1 aromatic rings. The number of rotatable bonds is 3. The summed E-state index contributed by atoms with van der Waals surface area (Å²) in [7, 11) is 0. The average molecular weight is 244 g/mol. The average Bonchev–Trinajstić information content (AvgIpc) is 2.93. The lowest BCUT2D eigenvalue weighted by molar-refractivity contribution is 0.209. The maximum absolute atomic E-state index is 6.14. The van der Waals surface area contributed by atoms with Crippen LogP contribution in [0, 0.1) is 0 Å². The first-order valence-corrected chi connectivity index (χ1v) is 6.98. The zero-order valence-corrected chi connectivity index (χ0v) is 10.7. The summed E-state index contributed by atoms with van der Waals surface area (Å²) in [6.07, 6.45) is 6.49. The van der Waals surface area contributed by atoms with Crippen LogP contribution in [0.1, 0.15) is 37.7 Å². The van der Waals surface area contributed by atoms with E-state index in [1.807, 2.05) is 6.07 Å². The van der Waals surface area contributed by atoms with Gasteiger partial charge in [0.2, 0.25) is 0 Å². The molecule has 1 aliphatic carbocycles. The molecule has 0 saturated heterocycles. The standard InChI is InChI=1S/C15H20N2O/c1-2-7-12(6-1)18-14-9-4-3-8-13(14)15-16-10-5-11-17-15/h3-4,8-9,12H,1-2,5-7,10-11H2,(H,16,17). The summed E-state index contributed by atoms with van der Waals surface area (Å²) in [5.41, 5.74) is 1.11. The smallest absolute Gasteiger partial charge is 0.132 e. The molecule has 3 heteroatoms. The summed E-state index contributed by atoms with van der Waals surface area (Å²) in [6, 6.07) is 8.25. The highest BCUT2D eigenvalue weighted by atomic mass is 16.5. The third kappa shape index (κ3) is 2.50. The molecule has 2 aliphatic rings. The Morgan fingerprint density at radius 1 is 1.11 bits per heavy atom. The maximum atomic E-state index is 6.14. The molecule has 0 bridgehead atoms. The fourth-order valence-corrected chi connectivity index (χ4v) is 2.66. The Morgan fingerprint density at radius 3 is 2.72 bits per heavy atom. The third-order valence-corrected chi connectivity index (χ3v) is 3.64. The zero-order chi connectivity index (χ0) is 12.2. The molecular weight excluding hydrogens is 224 g/mol. The van der Waals surface area contributed by atoms with E-state index in [0.717, 1.165) is 36.7 Å². The van der Waals surface area contributed by atoms with Crippen molar-refractivity contribution in [3.63, 3.8) is 0 Å². The number of amidine groups is 1. The van der Waals surface area contributed by atoms with Gasteiger partial charge in [0.15, 0.2) is 0 Å². The van der Waals surface area contributed by atoms with E-state index >= 15 is 0 Å². The maximum Gasteiger partial charge on any atom is 0.132 e. The van der Waals surface area contributed by atoms with Gasteiger partial charge in [-0.05, 0) is 44.2 Å². The fraction of sp³-hybridized carbons (Fsp3) is 0.533. The van der Waals surface area contributed by atoms with E-state index in [1.54, 1.807) is 0 Å². The Morgan fingerprint density at radius 2 is 1.94 bits per heavy atom. The molecule has 1 fully saturated rings. The highest BCUT2D eigenvalue weighted by Gasteiger charge is 2.19. The van der Waals surface area contributed by atoms with Crippen molar-refractivity contribution in [3.05, 3.63) is 29.8 Å². The molecule has 1 N–H and O–H groups in total. The summed E-state index contributed by atoms with van der Waals surface area (Å²) in [6.45, 7) is 1.93. The number of ether oxygens (including phenoxy) is 1. The second-order valence-corrected chi connectivity index (χ2v) is 5.03. The highest BCUT2D eigenvalue weighted by molar-refractivity contribution is 6.01. The molecule has 96 valence electrons. The predicted molar refractivity (Wildman–Crippen MR) is 73.3 cm³/mol. The number of aliphatic imine (C=N–C) groups is 1. The van der Waals surface area contributed by atoms with E-state index in [-0.39, 0.29) is 0 Å². The summed E-state index contributed by atoms with van der Waals surface area (Å²) >= 11 is 0. The quantitative estimate of drug-likeness (QED) is 0.887. The van der Waals surface area contributed by atoms with Crippen LogP contribution in [-0.4, -0.2) is 25.0 Å². The summed E-state index contributed by atoms with van der Waals surface area (Å²) in [4.78, 5) is 4.56. The van der Waals surface area contributed by atoms with Crippen LogP contribution in [0.2, 0.25) is 0 Å². The number of para-hydroxylation sites is 1. The Balaban J connectivity index is 1.82. The monoisotopic (exact) mass is 244 g/mol. The third-order valence-electron chi connectivity index (χ3n) is 3.64. The Bertz CT molecular complexity index is 436. The van der Waals surface area contributed by atoms with Crippen LogP contribution in [0.3, 0.4) is 0 Å². The predicted octanol–water partition coefficient (Wildman–Crippen LogP) is 2.75. The molecular formula is C15H20N2O. The Hall–Kier alpha value is -1.51. The lowest BCUT2D eigenvalue weighted by Crippen LogP contribution is -2.30. The van der Waals surface area contributed by atoms with Crippen molar-refractivity contribution in [3.8, 4) is 5.75 Å². The van der Waals surface area contributed by atoms with Gasteiger partial charge in [-0.15, -0.1) is 0 Å². The van der Waals surface area contributed by atoms with Crippen LogP contribution in [0.5, 0.6) is 5.75 Å². The molecule has 0 atom stereocenters. The number of hydrogen-bond donors (Lipinski definition) is 1. The van der Waals surface area contributed by atoms with Gasteiger partial charge in [0.05, 0.1) is 11.7 Å². The van der Waals surface area contributed by atoms with Crippen molar-refractivity contribution < 1.29 is 4.74 Å². The lowest BCUT2D eigenvalue weighted by Gasteiger charge is -2.20. The Kier molecular flexibility index (Phi) is 3.49. The van der Waals surface area contributed by atoms with E-state index < -0.39 is 0 Å². The van der Waals surface area contributed by atoms with Gasteiger partial charge in [0.25, 0.3) is 0 Å². The Labute approximate surface area is 108 Å². The molecule has 3 rings (SSSR count). The first-order chi connectivity index (χ1) is 8.93. The molecule has 0 aromatic heterocycles. The van der Waals surface area contributed by atoms with Gasteiger partial charge in [-0.25, -0.2) is 0 Å². The summed E-state index contributed by atoms with van der Waals surface area (Å²) in [5.74, 6) is 1.98. The molecule has 0 radical (unpaired) electrons. The highest BCUT2D eigenvalue weighted by Crippen LogP contribution is 2.27. The van der Waals surface area contributed by atoms with E-state index in [1.165, 1.54) is 25.7 Å². The molecule has 1 aromatic carbocycles. The number of hydrogen-bond acceptors (Lipinski definition) is 3. The number of benzene rings is 1. The fourth-order valence-electron chi connectivity index (χ4n) is 2.66. The van der Waals surface area contributed by atoms with E-state index in [2.05, 4.69) is 28.5 Å². The van der Waals surface area contributed by atoms with Crippen LogP contribution in [0.4, 0.5) is 0 Å².